The lowest BCUT2D eigenvalue weighted by Gasteiger charge is -2.36. The number of piperazine rings is 1. The van der Waals surface area contributed by atoms with Gasteiger partial charge in [0.25, 0.3) is 5.91 Å². The van der Waals surface area contributed by atoms with Gasteiger partial charge in [0, 0.05) is 57.6 Å². The fourth-order valence-electron chi connectivity index (χ4n) is 4.14. The molecular formula is C23H30N4O3. The summed E-state index contributed by atoms with van der Waals surface area (Å²) in [6.07, 6.45) is 1.76. The molecule has 0 spiro atoms. The maximum Gasteiger partial charge on any atom is 0.257 e. The second-order valence-corrected chi connectivity index (χ2v) is 7.86. The van der Waals surface area contributed by atoms with Crippen LogP contribution in [0.15, 0.2) is 36.5 Å². The Morgan fingerprint density at radius 3 is 2.60 bits per heavy atom. The monoisotopic (exact) mass is 410 g/mol. The molecule has 7 nitrogen and oxygen atoms in total. The Labute approximate surface area is 178 Å². The van der Waals surface area contributed by atoms with Crippen molar-refractivity contribution in [1.82, 2.24) is 14.8 Å². The molecule has 7 heteroatoms. The zero-order valence-electron chi connectivity index (χ0n) is 17.8. The van der Waals surface area contributed by atoms with Gasteiger partial charge in [0.1, 0.15) is 11.6 Å². The van der Waals surface area contributed by atoms with Crippen LogP contribution in [0, 0.1) is 6.92 Å². The van der Waals surface area contributed by atoms with Crippen LogP contribution in [0.5, 0.6) is 5.75 Å². The molecule has 2 aliphatic heterocycles. The van der Waals surface area contributed by atoms with Crippen molar-refractivity contribution >= 4 is 11.7 Å². The van der Waals surface area contributed by atoms with Gasteiger partial charge in [0.15, 0.2) is 0 Å². The van der Waals surface area contributed by atoms with Crippen molar-refractivity contribution in [2.75, 3.05) is 64.5 Å². The number of carbonyl (C=O) groups is 1. The third kappa shape index (κ3) is 4.57. The number of hydrogen-bond donors (Lipinski definition) is 0. The van der Waals surface area contributed by atoms with E-state index in [2.05, 4.69) is 33.8 Å². The number of hydrogen-bond acceptors (Lipinski definition) is 6. The third-order valence-corrected chi connectivity index (χ3v) is 5.82. The quantitative estimate of drug-likeness (QED) is 0.753. The minimum atomic E-state index is 0.0670. The summed E-state index contributed by atoms with van der Waals surface area (Å²) in [5.41, 5.74) is 3.11. The first-order valence-electron chi connectivity index (χ1n) is 10.6. The molecule has 2 saturated heterocycles. The van der Waals surface area contributed by atoms with E-state index in [9.17, 15) is 4.79 Å². The smallest absolute Gasteiger partial charge is 0.257 e. The highest BCUT2D eigenvalue weighted by Gasteiger charge is 2.26. The molecule has 3 heterocycles. The van der Waals surface area contributed by atoms with Gasteiger partial charge >= 0.3 is 0 Å². The molecule has 0 saturated carbocycles. The lowest BCUT2D eigenvalue weighted by atomic mass is 10.1. The first-order valence-corrected chi connectivity index (χ1v) is 10.6. The van der Waals surface area contributed by atoms with Crippen LogP contribution in [0.1, 0.15) is 21.5 Å². The maximum atomic E-state index is 13.3. The summed E-state index contributed by atoms with van der Waals surface area (Å²) in [4.78, 5) is 24.3. The largest absolute Gasteiger partial charge is 0.496 e. The van der Waals surface area contributed by atoms with Gasteiger partial charge < -0.3 is 19.3 Å². The van der Waals surface area contributed by atoms with Gasteiger partial charge in [-0.1, -0.05) is 17.7 Å². The highest BCUT2D eigenvalue weighted by molar-refractivity contribution is 5.99. The molecule has 30 heavy (non-hydrogen) atoms. The van der Waals surface area contributed by atoms with Crippen molar-refractivity contribution in [3.05, 3.63) is 53.2 Å². The van der Waals surface area contributed by atoms with E-state index in [0.29, 0.717) is 31.9 Å². The number of morpholine rings is 1. The van der Waals surface area contributed by atoms with E-state index in [1.807, 2.05) is 23.1 Å². The highest BCUT2D eigenvalue weighted by atomic mass is 16.5. The Kier molecular flexibility index (Phi) is 6.50. The van der Waals surface area contributed by atoms with Gasteiger partial charge in [-0.2, -0.15) is 0 Å². The summed E-state index contributed by atoms with van der Waals surface area (Å²) in [6, 6.07) is 10.0. The number of nitrogens with zero attached hydrogens (tertiary/aromatic N) is 4. The summed E-state index contributed by atoms with van der Waals surface area (Å²) < 4.78 is 11.0. The molecule has 0 atom stereocenters. The predicted octanol–water partition coefficient (Wildman–Crippen LogP) is 2.19. The van der Waals surface area contributed by atoms with E-state index < -0.39 is 0 Å². The number of amides is 1. The molecule has 160 valence electrons. The first-order chi connectivity index (χ1) is 14.7. The summed E-state index contributed by atoms with van der Waals surface area (Å²) >= 11 is 0. The van der Waals surface area contributed by atoms with Crippen LogP contribution >= 0.6 is 0 Å². The molecule has 0 N–H and O–H groups in total. The van der Waals surface area contributed by atoms with E-state index in [-0.39, 0.29) is 5.91 Å². The number of aromatic nitrogens is 1. The van der Waals surface area contributed by atoms with Gasteiger partial charge in [0.2, 0.25) is 0 Å². The lowest BCUT2D eigenvalue weighted by molar-refractivity contribution is 0.0626. The number of ether oxygens (including phenoxy) is 2. The zero-order valence-corrected chi connectivity index (χ0v) is 17.8. The van der Waals surface area contributed by atoms with Crippen molar-refractivity contribution in [2.24, 2.45) is 0 Å². The molecule has 0 radical (unpaired) electrons. The molecule has 2 aliphatic rings. The van der Waals surface area contributed by atoms with Crippen molar-refractivity contribution in [2.45, 2.75) is 13.5 Å². The van der Waals surface area contributed by atoms with Gasteiger partial charge in [-0.3, -0.25) is 9.69 Å². The van der Waals surface area contributed by atoms with Crippen LogP contribution in [0.25, 0.3) is 0 Å². The molecule has 0 aliphatic carbocycles. The van der Waals surface area contributed by atoms with Crippen LogP contribution in [-0.4, -0.2) is 80.3 Å². The van der Waals surface area contributed by atoms with Crippen LogP contribution in [-0.2, 0) is 11.3 Å². The number of pyridine rings is 1. The van der Waals surface area contributed by atoms with E-state index in [1.165, 1.54) is 11.1 Å². The Bertz CT molecular complexity index is 875. The summed E-state index contributed by atoms with van der Waals surface area (Å²) in [5.74, 6) is 1.76. The van der Waals surface area contributed by atoms with Gasteiger partial charge in [-0.05, 0) is 25.1 Å². The molecular weight excluding hydrogens is 380 g/mol. The molecule has 0 bridgehead atoms. The number of rotatable bonds is 5. The van der Waals surface area contributed by atoms with Crippen molar-refractivity contribution < 1.29 is 14.3 Å². The lowest BCUT2D eigenvalue weighted by Crippen LogP contribution is -2.48. The number of aryl methyl sites for hydroxylation is 1. The van der Waals surface area contributed by atoms with Crippen molar-refractivity contribution in [3.8, 4) is 5.75 Å². The Balaban J connectivity index is 1.40. The normalized spacial score (nSPS) is 17.8. The molecule has 2 aromatic rings. The fraction of sp³-hybridized carbons (Fsp3) is 0.478. The average Bonchev–Trinajstić information content (AvgIpc) is 2.80. The van der Waals surface area contributed by atoms with Crippen LogP contribution in [0.3, 0.4) is 0 Å². The van der Waals surface area contributed by atoms with Crippen LogP contribution < -0.4 is 9.64 Å². The van der Waals surface area contributed by atoms with Gasteiger partial charge in [0.05, 0.1) is 25.9 Å². The number of methoxy groups -OCH3 is 1. The summed E-state index contributed by atoms with van der Waals surface area (Å²) in [5, 5.41) is 0. The molecule has 1 amide bonds. The van der Waals surface area contributed by atoms with Gasteiger partial charge in [-0.25, -0.2) is 4.98 Å². The minimum absolute atomic E-state index is 0.0670. The van der Waals surface area contributed by atoms with E-state index in [4.69, 9.17) is 9.47 Å². The number of benzene rings is 1. The number of anilines is 1. The molecule has 1 aromatic carbocycles. The Hall–Kier alpha value is -2.64. The third-order valence-electron chi connectivity index (χ3n) is 5.82. The standard InChI is InChI=1S/C23H30N4O3/c1-18-5-6-21(29-2)19(16-18)17-25-8-10-27(11-9-25)23(28)20-4-3-7-24-22(20)26-12-14-30-15-13-26/h3-7,16H,8-15,17H2,1-2H3. The van der Waals surface area contributed by atoms with E-state index in [0.717, 1.165) is 44.3 Å². The number of carbonyl (C=O) groups excluding carboxylic acids is 1. The summed E-state index contributed by atoms with van der Waals surface area (Å²) in [7, 11) is 1.71. The highest BCUT2D eigenvalue weighted by Crippen LogP contribution is 2.24. The van der Waals surface area contributed by atoms with Crippen LogP contribution in [0.4, 0.5) is 5.82 Å². The average molecular weight is 411 g/mol. The second kappa shape index (κ2) is 9.45. The first kappa shape index (κ1) is 20.6. The van der Waals surface area contributed by atoms with Gasteiger partial charge in [-0.15, -0.1) is 0 Å². The topological polar surface area (TPSA) is 58.1 Å². The molecule has 2 fully saturated rings. The van der Waals surface area contributed by atoms with Crippen LogP contribution in [0.2, 0.25) is 0 Å². The fourth-order valence-corrected chi connectivity index (χ4v) is 4.14. The molecule has 4 rings (SSSR count). The van der Waals surface area contributed by atoms with E-state index >= 15 is 0 Å². The molecule has 1 aromatic heterocycles. The summed E-state index contributed by atoms with van der Waals surface area (Å²) in [6.45, 7) is 8.92. The molecule has 0 unspecified atom stereocenters. The maximum absolute atomic E-state index is 13.3. The predicted molar refractivity (Wildman–Crippen MR) is 116 cm³/mol. The Morgan fingerprint density at radius 1 is 1.10 bits per heavy atom. The minimum Gasteiger partial charge on any atom is -0.496 e. The zero-order chi connectivity index (χ0) is 20.9. The van der Waals surface area contributed by atoms with Crippen molar-refractivity contribution in [1.29, 1.82) is 0 Å². The van der Waals surface area contributed by atoms with E-state index in [1.54, 1.807) is 13.3 Å². The second-order valence-electron chi connectivity index (χ2n) is 7.86. The van der Waals surface area contributed by atoms with Crippen molar-refractivity contribution in [3.63, 3.8) is 0 Å². The Morgan fingerprint density at radius 2 is 1.87 bits per heavy atom. The SMILES string of the molecule is COc1ccc(C)cc1CN1CCN(C(=O)c2cccnc2N2CCOCC2)CC1.